The van der Waals surface area contributed by atoms with Gasteiger partial charge in [0.25, 0.3) is 0 Å². The molecule has 0 amide bonds. The molecule has 0 spiro atoms. The minimum Gasteiger partial charge on any atom is -0.389 e. The molecule has 0 bridgehead atoms. The molecule has 1 heterocycles. The van der Waals surface area contributed by atoms with E-state index < -0.39 is 11.9 Å². The molecule has 5 heteroatoms. The zero-order valence-electron chi connectivity index (χ0n) is 10.4. The van der Waals surface area contributed by atoms with E-state index >= 15 is 0 Å². The largest absolute Gasteiger partial charge is 0.389 e. The number of rotatable bonds is 2. The van der Waals surface area contributed by atoms with Crippen molar-refractivity contribution in [1.29, 1.82) is 0 Å². The van der Waals surface area contributed by atoms with E-state index in [2.05, 4.69) is 5.10 Å². The Labute approximate surface area is 110 Å². The molecule has 1 aromatic heterocycles. The molecular formula is C13H14ClFN2O. The van der Waals surface area contributed by atoms with Gasteiger partial charge < -0.3 is 5.11 Å². The fraction of sp³-hybridized carbons (Fsp3) is 0.308. The first-order chi connectivity index (χ1) is 8.43. The van der Waals surface area contributed by atoms with Crippen LogP contribution in [0, 0.1) is 19.7 Å². The topological polar surface area (TPSA) is 38.0 Å². The summed E-state index contributed by atoms with van der Waals surface area (Å²) >= 11 is 6.08. The third kappa shape index (κ3) is 2.02. The van der Waals surface area contributed by atoms with Gasteiger partial charge in [0.1, 0.15) is 5.82 Å². The van der Waals surface area contributed by atoms with Gasteiger partial charge in [-0.1, -0.05) is 17.7 Å². The van der Waals surface area contributed by atoms with Crippen molar-refractivity contribution >= 4 is 11.6 Å². The lowest BCUT2D eigenvalue weighted by Gasteiger charge is -2.14. The van der Waals surface area contributed by atoms with Crippen LogP contribution in [0.4, 0.5) is 4.39 Å². The van der Waals surface area contributed by atoms with Crippen LogP contribution < -0.4 is 0 Å². The lowest BCUT2D eigenvalue weighted by molar-refractivity contribution is 0.193. The van der Waals surface area contributed by atoms with Gasteiger partial charge in [-0.15, -0.1) is 0 Å². The zero-order valence-corrected chi connectivity index (χ0v) is 11.2. The van der Waals surface area contributed by atoms with Crippen molar-refractivity contribution in [2.45, 2.75) is 26.9 Å². The summed E-state index contributed by atoms with van der Waals surface area (Å²) in [6.45, 7) is 5.11. The van der Waals surface area contributed by atoms with Crippen LogP contribution >= 0.6 is 11.6 Å². The fourth-order valence-electron chi connectivity index (χ4n) is 1.98. The number of halogens is 2. The van der Waals surface area contributed by atoms with Crippen LogP contribution in [0.15, 0.2) is 18.2 Å². The van der Waals surface area contributed by atoms with E-state index in [9.17, 15) is 9.50 Å². The van der Waals surface area contributed by atoms with Gasteiger partial charge in [0.2, 0.25) is 0 Å². The Balaban J connectivity index is 2.71. The maximum absolute atomic E-state index is 13.8. The normalized spacial score (nSPS) is 12.8. The lowest BCUT2D eigenvalue weighted by atomic mass is 10.1. The van der Waals surface area contributed by atoms with Gasteiger partial charge in [0.05, 0.1) is 28.2 Å². The van der Waals surface area contributed by atoms with Crippen molar-refractivity contribution < 1.29 is 9.50 Å². The van der Waals surface area contributed by atoms with Crippen LogP contribution in [0.5, 0.6) is 0 Å². The van der Waals surface area contributed by atoms with Crippen molar-refractivity contribution in [3.05, 3.63) is 46.0 Å². The maximum Gasteiger partial charge on any atom is 0.131 e. The Morgan fingerprint density at radius 1 is 1.39 bits per heavy atom. The van der Waals surface area contributed by atoms with Crippen LogP contribution in [0.1, 0.15) is 30.0 Å². The second kappa shape index (κ2) is 4.71. The van der Waals surface area contributed by atoms with Crippen molar-refractivity contribution in [2.24, 2.45) is 0 Å². The van der Waals surface area contributed by atoms with Crippen LogP contribution in [0.25, 0.3) is 5.69 Å². The van der Waals surface area contributed by atoms with Crippen LogP contribution in [-0.2, 0) is 0 Å². The van der Waals surface area contributed by atoms with Gasteiger partial charge in [0, 0.05) is 5.56 Å². The Kier molecular flexibility index (Phi) is 3.41. The molecule has 96 valence electrons. The number of benzene rings is 1. The molecule has 2 rings (SSSR count). The van der Waals surface area contributed by atoms with Gasteiger partial charge >= 0.3 is 0 Å². The summed E-state index contributed by atoms with van der Waals surface area (Å²) in [7, 11) is 0. The first-order valence-corrected chi connectivity index (χ1v) is 5.99. The molecule has 0 aliphatic heterocycles. The molecule has 0 aliphatic carbocycles. The third-order valence-corrected chi connectivity index (χ3v) is 3.43. The number of aromatic nitrogens is 2. The smallest absolute Gasteiger partial charge is 0.131 e. The van der Waals surface area contributed by atoms with E-state index in [1.54, 1.807) is 30.7 Å². The molecule has 1 unspecified atom stereocenters. The van der Waals surface area contributed by atoms with E-state index in [4.69, 9.17) is 11.6 Å². The van der Waals surface area contributed by atoms with Gasteiger partial charge in [-0.25, -0.2) is 9.07 Å². The summed E-state index contributed by atoms with van der Waals surface area (Å²) in [4.78, 5) is 0. The molecule has 0 saturated carbocycles. The standard InChI is InChI=1S/C13H14ClFN2O/c1-7-13(14)8(2)17(16-7)11-6-4-5-10(15)12(11)9(3)18/h4-6,9,18H,1-3H3. The summed E-state index contributed by atoms with van der Waals surface area (Å²) in [6.07, 6.45) is -0.913. The second-order valence-corrected chi connectivity index (χ2v) is 4.62. The van der Waals surface area contributed by atoms with Crippen molar-refractivity contribution in [3.8, 4) is 5.69 Å². The van der Waals surface area contributed by atoms with Gasteiger partial charge in [-0.3, -0.25) is 0 Å². The van der Waals surface area contributed by atoms with E-state index in [0.29, 0.717) is 16.4 Å². The van der Waals surface area contributed by atoms with E-state index in [0.717, 1.165) is 5.69 Å². The van der Waals surface area contributed by atoms with E-state index in [1.165, 1.54) is 13.0 Å². The van der Waals surface area contributed by atoms with Gasteiger partial charge in [0.15, 0.2) is 0 Å². The highest BCUT2D eigenvalue weighted by Crippen LogP contribution is 2.28. The molecule has 0 aliphatic rings. The first-order valence-electron chi connectivity index (χ1n) is 5.62. The summed E-state index contributed by atoms with van der Waals surface area (Å²) in [5.74, 6) is -0.453. The minimum atomic E-state index is -0.913. The minimum absolute atomic E-state index is 0.222. The highest BCUT2D eigenvalue weighted by Gasteiger charge is 2.18. The Morgan fingerprint density at radius 3 is 2.56 bits per heavy atom. The maximum atomic E-state index is 13.8. The molecule has 0 radical (unpaired) electrons. The zero-order chi connectivity index (χ0) is 13.4. The Hall–Kier alpha value is -1.39. The molecule has 1 aromatic carbocycles. The average molecular weight is 269 g/mol. The average Bonchev–Trinajstić information content (AvgIpc) is 2.56. The molecule has 0 saturated heterocycles. The van der Waals surface area contributed by atoms with E-state index in [1.807, 2.05) is 0 Å². The SMILES string of the molecule is Cc1nn(-c2cccc(F)c2C(C)O)c(C)c1Cl. The lowest BCUT2D eigenvalue weighted by Crippen LogP contribution is -2.08. The third-order valence-electron chi connectivity index (χ3n) is 2.88. The number of hydrogen-bond donors (Lipinski definition) is 1. The number of nitrogens with zero attached hydrogens (tertiary/aromatic N) is 2. The van der Waals surface area contributed by atoms with Crippen molar-refractivity contribution in [3.63, 3.8) is 0 Å². The number of aliphatic hydroxyl groups excluding tert-OH is 1. The second-order valence-electron chi connectivity index (χ2n) is 4.25. The first kappa shape index (κ1) is 13.1. The Morgan fingerprint density at radius 2 is 2.06 bits per heavy atom. The van der Waals surface area contributed by atoms with E-state index in [-0.39, 0.29) is 5.56 Å². The quantitative estimate of drug-likeness (QED) is 0.907. The van der Waals surface area contributed by atoms with Gasteiger partial charge in [-0.05, 0) is 32.9 Å². The number of aliphatic hydroxyl groups is 1. The number of aryl methyl sites for hydroxylation is 1. The molecule has 0 fully saturated rings. The summed E-state index contributed by atoms with van der Waals surface area (Å²) in [5.41, 5.74) is 2.13. The molecule has 18 heavy (non-hydrogen) atoms. The number of hydrogen-bond acceptors (Lipinski definition) is 2. The molecule has 1 atom stereocenters. The summed E-state index contributed by atoms with van der Waals surface area (Å²) in [5, 5.41) is 14.5. The molecule has 2 aromatic rings. The molecule has 3 nitrogen and oxygen atoms in total. The molecular weight excluding hydrogens is 255 g/mol. The monoisotopic (exact) mass is 268 g/mol. The summed E-state index contributed by atoms with van der Waals surface area (Å²) < 4.78 is 15.3. The van der Waals surface area contributed by atoms with Crippen molar-refractivity contribution in [2.75, 3.05) is 0 Å². The molecule has 1 N–H and O–H groups in total. The predicted octanol–water partition coefficient (Wildman–Crippen LogP) is 3.33. The highest BCUT2D eigenvalue weighted by atomic mass is 35.5. The predicted molar refractivity (Wildman–Crippen MR) is 68.6 cm³/mol. The van der Waals surface area contributed by atoms with Crippen molar-refractivity contribution in [1.82, 2.24) is 9.78 Å². The van der Waals surface area contributed by atoms with Gasteiger partial charge in [-0.2, -0.15) is 5.10 Å². The van der Waals surface area contributed by atoms with Crippen LogP contribution in [-0.4, -0.2) is 14.9 Å². The Bertz CT molecular complexity index is 593. The summed E-state index contributed by atoms with van der Waals surface area (Å²) in [6, 6.07) is 4.61. The highest BCUT2D eigenvalue weighted by molar-refractivity contribution is 6.31. The van der Waals surface area contributed by atoms with Crippen LogP contribution in [0.2, 0.25) is 5.02 Å². The van der Waals surface area contributed by atoms with Crippen LogP contribution in [0.3, 0.4) is 0 Å². The fourth-order valence-corrected chi connectivity index (χ4v) is 2.10.